The molecule has 1 amide bonds. The summed E-state index contributed by atoms with van der Waals surface area (Å²) in [5.41, 5.74) is 1.01. The fraction of sp³-hybridized carbons (Fsp3) is 0.500. The molecule has 0 radical (unpaired) electrons. The predicted octanol–water partition coefficient (Wildman–Crippen LogP) is 2.25. The Balaban J connectivity index is 1.58. The van der Waals surface area contributed by atoms with Gasteiger partial charge in [-0.25, -0.2) is 0 Å². The highest BCUT2D eigenvalue weighted by Gasteiger charge is 2.27. The maximum atomic E-state index is 12.0. The largest absolute Gasteiger partial charge is 0.322 e. The summed E-state index contributed by atoms with van der Waals surface area (Å²) in [7, 11) is 0. The van der Waals surface area contributed by atoms with Crippen molar-refractivity contribution in [2.24, 2.45) is 4.99 Å². The van der Waals surface area contributed by atoms with Crippen molar-refractivity contribution >= 4 is 39.3 Å². The fourth-order valence-electron chi connectivity index (χ4n) is 1.96. The van der Waals surface area contributed by atoms with Gasteiger partial charge in [0.15, 0.2) is 5.17 Å². The standard InChI is InChI=1S/C12H15N5OS2/c1-7(2)10-15-16-11(20-10)14-9(18)5-8-6-19-12-13-3-4-17(8)12/h6-7H,3-5H2,1-2H3,(H,14,16,18). The quantitative estimate of drug-likeness (QED) is 0.923. The van der Waals surface area contributed by atoms with E-state index in [0.29, 0.717) is 17.5 Å². The number of aromatic nitrogens is 2. The van der Waals surface area contributed by atoms with Crippen molar-refractivity contribution in [2.45, 2.75) is 26.2 Å². The average Bonchev–Trinajstić information content (AvgIpc) is 3.07. The highest BCUT2D eigenvalue weighted by Crippen LogP contribution is 2.31. The summed E-state index contributed by atoms with van der Waals surface area (Å²) in [6.07, 6.45) is 0.350. The van der Waals surface area contributed by atoms with E-state index in [9.17, 15) is 4.79 Å². The molecule has 0 aromatic carbocycles. The molecule has 8 heteroatoms. The molecule has 3 heterocycles. The second-order valence-corrected chi connectivity index (χ2v) is 6.71. The van der Waals surface area contributed by atoms with E-state index in [4.69, 9.17) is 0 Å². The number of nitrogens with one attached hydrogen (secondary N) is 1. The van der Waals surface area contributed by atoms with Crippen LogP contribution in [0.3, 0.4) is 0 Å². The number of amidine groups is 1. The molecular weight excluding hydrogens is 294 g/mol. The van der Waals surface area contributed by atoms with E-state index < -0.39 is 0 Å². The number of carbonyl (C=O) groups is 1. The lowest BCUT2D eigenvalue weighted by Crippen LogP contribution is -2.24. The van der Waals surface area contributed by atoms with Gasteiger partial charge < -0.3 is 10.2 Å². The van der Waals surface area contributed by atoms with Crippen LogP contribution in [0, 0.1) is 0 Å². The summed E-state index contributed by atoms with van der Waals surface area (Å²) in [6.45, 7) is 5.80. The van der Waals surface area contributed by atoms with Gasteiger partial charge in [0.2, 0.25) is 11.0 Å². The highest BCUT2D eigenvalue weighted by molar-refractivity contribution is 8.16. The first-order valence-electron chi connectivity index (χ1n) is 6.44. The number of nitrogens with zero attached hydrogens (tertiary/aromatic N) is 4. The third kappa shape index (κ3) is 2.71. The number of hydrogen-bond acceptors (Lipinski definition) is 7. The van der Waals surface area contributed by atoms with Crippen molar-refractivity contribution in [1.29, 1.82) is 0 Å². The van der Waals surface area contributed by atoms with Gasteiger partial charge in [0.05, 0.1) is 13.0 Å². The molecule has 6 nitrogen and oxygen atoms in total. The van der Waals surface area contributed by atoms with E-state index in [-0.39, 0.29) is 5.91 Å². The summed E-state index contributed by atoms with van der Waals surface area (Å²) in [5.74, 6) is 0.270. The Labute approximate surface area is 125 Å². The first-order chi connectivity index (χ1) is 9.63. The number of aliphatic imine (C=N–C) groups is 1. The monoisotopic (exact) mass is 309 g/mol. The Hall–Kier alpha value is -1.41. The van der Waals surface area contributed by atoms with E-state index in [0.717, 1.165) is 29.0 Å². The molecule has 0 fully saturated rings. The topological polar surface area (TPSA) is 70.5 Å². The van der Waals surface area contributed by atoms with Gasteiger partial charge in [0, 0.05) is 18.2 Å². The molecule has 1 aromatic rings. The van der Waals surface area contributed by atoms with E-state index in [2.05, 4.69) is 39.3 Å². The van der Waals surface area contributed by atoms with Crippen LogP contribution in [0.25, 0.3) is 0 Å². The first-order valence-corrected chi connectivity index (χ1v) is 8.14. The minimum atomic E-state index is -0.0588. The molecular formula is C12H15N5OS2. The van der Waals surface area contributed by atoms with Gasteiger partial charge in [-0.05, 0) is 5.41 Å². The van der Waals surface area contributed by atoms with Crippen molar-refractivity contribution in [3.05, 3.63) is 16.1 Å². The van der Waals surface area contributed by atoms with E-state index in [1.165, 1.54) is 11.3 Å². The van der Waals surface area contributed by atoms with Crippen molar-refractivity contribution in [1.82, 2.24) is 15.1 Å². The van der Waals surface area contributed by atoms with Gasteiger partial charge >= 0.3 is 0 Å². The minimum absolute atomic E-state index is 0.0588. The molecule has 0 bridgehead atoms. The number of amides is 1. The maximum Gasteiger partial charge on any atom is 0.232 e. The molecule has 1 aromatic heterocycles. The smallest absolute Gasteiger partial charge is 0.232 e. The lowest BCUT2D eigenvalue weighted by atomic mass is 10.2. The second-order valence-electron chi connectivity index (χ2n) is 4.87. The zero-order valence-corrected chi connectivity index (χ0v) is 12.9. The lowest BCUT2D eigenvalue weighted by Gasteiger charge is -2.15. The predicted molar refractivity (Wildman–Crippen MR) is 81.9 cm³/mol. The van der Waals surface area contributed by atoms with Crippen LogP contribution in [0.15, 0.2) is 16.1 Å². The van der Waals surface area contributed by atoms with E-state index >= 15 is 0 Å². The maximum absolute atomic E-state index is 12.0. The summed E-state index contributed by atoms with van der Waals surface area (Å²) >= 11 is 3.02. The molecule has 0 atom stereocenters. The summed E-state index contributed by atoms with van der Waals surface area (Å²) in [6, 6.07) is 0. The van der Waals surface area contributed by atoms with Crippen LogP contribution in [0.1, 0.15) is 31.2 Å². The summed E-state index contributed by atoms with van der Waals surface area (Å²) in [5, 5.41) is 15.4. The van der Waals surface area contributed by atoms with Gasteiger partial charge in [-0.15, -0.1) is 10.2 Å². The van der Waals surface area contributed by atoms with Crippen LogP contribution in [0.5, 0.6) is 0 Å². The molecule has 0 spiro atoms. The van der Waals surface area contributed by atoms with Gasteiger partial charge in [0.25, 0.3) is 0 Å². The fourth-order valence-corrected chi connectivity index (χ4v) is 3.68. The summed E-state index contributed by atoms with van der Waals surface area (Å²) < 4.78 is 0. The number of fused-ring (bicyclic) bond motifs is 1. The minimum Gasteiger partial charge on any atom is -0.322 e. The van der Waals surface area contributed by atoms with Gasteiger partial charge in [0.1, 0.15) is 5.01 Å². The molecule has 0 aliphatic carbocycles. The Morgan fingerprint density at radius 2 is 2.35 bits per heavy atom. The number of carbonyl (C=O) groups excluding carboxylic acids is 1. The van der Waals surface area contributed by atoms with Crippen LogP contribution in [-0.4, -0.2) is 39.3 Å². The normalized spacial score (nSPS) is 17.2. The second kappa shape index (κ2) is 5.53. The molecule has 2 aliphatic rings. The zero-order valence-electron chi connectivity index (χ0n) is 11.3. The SMILES string of the molecule is CC(C)c1nnc(NC(=O)CC2=CSC3=NCCN23)s1. The van der Waals surface area contributed by atoms with Crippen molar-refractivity contribution in [3.63, 3.8) is 0 Å². The van der Waals surface area contributed by atoms with E-state index in [1.54, 1.807) is 11.8 Å². The lowest BCUT2D eigenvalue weighted by molar-refractivity contribution is -0.115. The third-order valence-corrected chi connectivity index (χ3v) is 5.06. The van der Waals surface area contributed by atoms with Crippen molar-refractivity contribution in [3.8, 4) is 0 Å². The molecule has 106 valence electrons. The van der Waals surface area contributed by atoms with Crippen molar-refractivity contribution in [2.75, 3.05) is 18.4 Å². The van der Waals surface area contributed by atoms with E-state index in [1.807, 2.05) is 5.41 Å². The zero-order chi connectivity index (χ0) is 14.1. The molecule has 0 saturated carbocycles. The number of rotatable bonds is 4. The van der Waals surface area contributed by atoms with Crippen LogP contribution in [0.4, 0.5) is 5.13 Å². The number of anilines is 1. The molecule has 0 unspecified atom stereocenters. The number of hydrogen-bond donors (Lipinski definition) is 1. The molecule has 2 aliphatic heterocycles. The van der Waals surface area contributed by atoms with Crippen LogP contribution >= 0.6 is 23.1 Å². The van der Waals surface area contributed by atoms with Crippen LogP contribution in [-0.2, 0) is 4.79 Å². The number of thioether (sulfide) groups is 1. The van der Waals surface area contributed by atoms with Crippen LogP contribution in [0.2, 0.25) is 0 Å². The molecule has 1 N–H and O–H groups in total. The Morgan fingerprint density at radius 1 is 1.50 bits per heavy atom. The Kier molecular flexibility index (Phi) is 3.75. The van der Waals surface area contributed by atoms with Crippen LogP contribution < -0.4 is 5.32 Å². The molecule has 20 heavy (non-hydrogen) atoms. The Bertz CT molecular complexity index is 592. The third-order valence-electron chi connectivity index (χ3n) is 2.97. The Morgan fingerprint density at radius 3 is 3.10 bits per heavy atom. The van der Waals surface area contributed by atoms with Gasteiger partial charge in [-0.2, -0.15) is 0 Å². The van der Waals surface area contributed by atoms with Crippen molar-refractivity contribution < 1.29 is 4.79 Å². The summed E-state index contributed by atoms with van der Waals surface area (Å²) in [4.78, 5) is 18.5. The first kappa shape index (κ1) is 13.6. The average molecular weight is 309 g/mol. The molecule has 0 saturated heterocycles. The van der Waals surface area contributed by atoms with Gasteiger partial charge in [-0.3, -0.25) is 9.79 Å². The van der Waals surface area contributed by atoms with Gasteiger partial charge in [-0.1, -0.05) is 36.9 Å². The highest BCUT2D eigenvalue weighted by atomic mass is 32.2. The molecule has 3 rings (SSSR count).